The van der Waals surface area contributed by atoms with Crippen LogP contribution in [0.3, 0.4) is 0 Å². The van der Waals surface area contributed by atoms with Crippen LogP contribution < -0.4 is 9.47 Å². The quantitative estimate of drug-likeness (QED) is 0.188. The van der Waals surface area contributed by atoms with Crippen LogP contribution in [-0.2, 0) is 28.7 Å². The summed E-state index contributed by atoms with van der Waals surface area (Å²) in [5.74, 6) is -5.10. The molecule has 208 valence electrons. The average Bonchev–Trinajstić information content (AvgIpc) is 3.13. The molecule has 1 aliphatic rings. The SMILES string of the molecule is CCN(CC)CCOCCOC(=O)CC1(C)Oc2ccccc2O1.O=C(O)CC(O)(CC(=O)O)C(=O)O. The smallest absolute Gasteiger partial charge is 0.336 e. The van der Waals surface area contributed by atoms with Crippen molar-refractivity contribution in [2.75, 3.05) is 39.5 Å². The van der Waals surface area contributed by atoms with Crippen LogP contribution in [0.25, 0.3) is 0 Å². The normalized spacial score (nSPS) is 13.4. The molecule has 13 nitrogen and oxygen atoms in total. The highest BCUT2D eigenvalue weighted by atomic mass is 16.7. The van der Waals surface area contributed by atoms with Crippen molar-refractivity contribution in [2.45, 2.75) is 51.4 Å². The fourth-order valence-electron chi connectivity index (χ4n) is 3.25. The van der Waals surface area contributed by atoms with Gasteiger partial charge in [-0.2, -0.15) is 0 Å². The van der Waals surface area contributed by atoms with Crippen LogP contribution in [0.4, 0.5) is 0 Å². The minimum atomic E-state index is -2.74. The number of carboxylic acid groups (broad SMARTS) is 3. The van der Waals surface area contributed by atoms with Crippen LogP contribution in [-0.4, -0.2) is 100 Å². The molecule has 0 saturated carbocycles. The monoisotopic (exact) mass is 529 g/mol. The second-order valence-electron chi connectivity index (χ2n) is 8.30. The number of carbonyl (C=O) groups excluding carboxylic acids is 1. The maximum Gasteiger partial charge on any atom is 0.336 e. The Kier molecular flexibility index (Phi) is 12.8. The number of nitrogens with zero attached hydrogens (tertiary/aromatic N) is 1. The molecule has 0 spiro atoms. The van der Waals surface area contributed by atoms with E-state index in [0.717, 1.165) is 19.6 Å². The molecule has 37 heavy (non-hydrogen) atoms. The zero-order chi connectivity index (χ0) is 28.1. The second kappa shape index (κ2) is 15.0. The Labute approximate surface area is 214 Å². The number of rotatable bonds is 15. The number of aliphatic carboxylic acids is 3. The largest absolute Gasteiger partial charge is 0.481 e. The zero-order valence-corrected chi connectivity index (χ0v) is 21.2. The predicted octanol–water partition coefficient (Wildman–Crippen LogP) is 1.22. The summed E-state index contributed by atoms with van der Waals surface area (Å²) in [6, 6.07) is 7.36. The standard InChI is InChI=1S/C18H27NO5.C6H8O7/c1-4-19(5-2)10-11-21-12-13-22-17(20)14-18(3)23-15-8-6-7-9-16(15)24-18;7-3(8)1-6(13,5(11)12)2-4(9)10/h6-9H,4-5,10-14H2,1-3H3;13H,1-2H2,(H,7,8)(H,9,10)(H,11,12). The number of hydrogen-bond donors (Lipinski definition) is 4. The third-order valence-corrected chi connectivity index (χ3v) is 5.19. The highest BCUT2D eigenvalue weighted by molar-refractivity contribution is 5.88. The molecule has 2 rings (SSSR count). The van der Waals surface area contributed by atoms with Crippen molar-refractivity contribution >= 4 is 23.9 Å². The number of para-hydroxylation sites is 2. The molecule has 0 fully saturated rings. The Morgan fingerprint density at radius 2 is 1.43 bits per heavy atom. The summed E-state index contributed by atoms with van der Waals surface area (Å²) in [5.41, 5.74) is -2.74. The first-order chi connectivity index (χ1) is 17.3. The molecule has 1 aromatic carbocycles. The Bertz CT molecular complexity index is 874. The minimum Gasteiger partial charge on any atom is -0.481 e. The number of esters is 1. The molecule has 1 aromatic rings. The van der Waals surface area contributed by atoms with Crippen molar-refractivity contribution in [3.8, 4) is 11.5 Å². The van der Waals surface area contributed by atoms with Gasteiger partial charge in [0, 0.05) is 13.5 Å². The van der Waals surface area contributed by atoms with E-state index in [1.54, 1.807) is 6.92 Å². The molecule has 0 aliphatic carbocycles. The summed E-state index contributed by atoms with van der Waals surface area (Å²) >= 11 is 0. The van der Waals surface area contributed by atoms with E-state index in [0.29, 0.717) is 24.7 Å². The third kappa shape index (κ3) is 11.5. The average molecular weight is 530 g/mol. The maximum absolute atomic E-state index is 11.9. The van der Waals surface area contributed by atoms with Crippen LogP contribution in [0.5, 0.6) is 11.5 Å². The van der Waals surface area contributed by atoms with Crippen LogP contribution >= 0.6 is 0 Å². The van der Waals surface area contributed by atoms with E-state index in [4.69, 9.17) is 39.4 Å². The number of hydrogen-bond acceptors (Lipinski definition) is 10. The first-order valence-corrected chi connectivity index (χ1v) is 11.7. The van der Waals surface area contributed by atoms with Crippen molar-refractivity contribution in [1.29, 1.82) is 0 Å². The van der Waals surface area contributed by atoms with Gasteiger partial charge in [-0.1, -0.05) is 26.0 Å². The van der Waals surface area contributed by atoms with Gasteiger partial charge in [-0.25, -0.2) is 4.79 Å². The van der Waals surface area contributed by atoms with E-state index in [1.807, 2.05) is 24.3 Å². The summed E-state index contributed by atoms with van der Waals surface area (Å²) < 4.78 is 22.1. The van der Waals surface area contributed by atoms with E-state index >= 15 is 0 Å². The number of aliphatic hydroxyl groups is 1. The lowest BCUT2D eigenvalue weighted by Gasteiger charge is -2.22. The van der Waals surface area contributed by atoms with E-state index in [9.17, 15) is 19.2 Å². The molecule has 0 saturated heterocycles. The Morgan fingerprint density at radius 1 is 0.919 bits per heavy atom. The first kappa shape index (κ1) is 31.6. The number of carboxylic acids is 3. The molecule has 0 amide bonds. The van der Waals surface area contributed by atoms with Gasteiger partial charge in [-0.3, -0.25) is 14.4 Å². The van der Waals surface area contributed by atoms with Gasteiger partial charge in [-0.15, -0.1) is 0 Å². The van der Waals surface area contributed by atoms with Crippen LogP contribution in [0.1, 0.15) is 40.0 Å². The third-order valence-electron chi connectivity index (χ3n) is 5.19. The fourth-order valence-corrected chi connectivity index (χ4v) is 3.25. The minimum absolute atomic E-state index is 0.0289. The van der Waals surface area contributed by atoms with Crippen molar-refractivity contribution in [1.82, 2.24) is 4.90 Å². The molecule has 13 heteroatoms. The lowest BCUT2D eigenvalue weighted by atomic mass is 9.96. The van der Waals surface area contributed by atoms with Crippen molar-refractivity contribution in [3.05, 3.63) is 24.3 Å². The van der Waals surface area contributed by atoms with Gasteiger partial charge >= 0.3 is 23.9 Å². The lowest BCUT2D eigenvalue weighted by Crippen LogP contribution is -2.42. The summed E-state index contributed by atoms with van der Waals surface area (Å²) in [7, 11) is 0. The van der Waals surface area contributed by atoms with Gasteiger partial charge in [-0.05, 0) is 25.2 Å². The summed E-state index contributed by atoms with van der Waals surface area (Å²) in [4.78, 5) is 44.7. The number of benzene rings is 1. The van der Waals surface area contributed by atoms with Crippen LogP contribution in [0.2, 0.25) is 0 Å². The number of ether oxygens (including phenoxy) is 4. The molecular weight excluding hydrogens is 494 g/mol. The van der Waals surface area contributed by atoms with Crippen molar-refractivity contribution < 1.29 is 58.6 Å². The molecular formula is C24H35NO12. The highest BCUT2D eigenvalue weighted by Crippen LogP contribution is 2.40. The lowest BCUT2D eigenvalue weighted by molar-refractivity contribution is -0.170. The van der Waals surface area contributed by atoms with Gasteiger partial charge in [0.2, 0.25) is 0 Å². The first-order valence-electron chi connectivity index (χ1n) is 11.7. The highest BCUT2D eigenvalue weighted by Gasteiger charge is 2.41. The zero-order valence-electron chi connectivity index (χ0n) is 21.2. The predicted molar refractivity (Wildman–Crippen MR) is 127 cm³/mol. The molecule has 1 aliphatic heterocycles. The van der Waals surface area contributed by atoms with Crippen LogP contribution in [0, 0.1) is 0 Å². The van der Waals surface area contributed by atoms with E-state index < -0.39 is 42.1 Å². The van der Waals surface area contributed by atoms with Gasteiger partial charge in [0.1, 0.15) is 13.0 Å². The Morgan fingerprint density at radius 3 is 1.86 bits per heavy atom. The van der Waals surface area contributed by atoms with Gasteiger partial charge in [0.25, 0.3) is 5.79 Å². The number of carbonyl (C=O) groups is 4. The summed E-state index contributed by atoms with van der Waals surface area (Å²) in [5, 5.41) is 33.8. The maximum atomic E-state index is 11.9. The van der Waals surface area contributed by atoms with E-state index in [1.165, 1.54) is 0 Å². The molecule has 1 heterocycles. The molecule has 0 bridgehead atoms. The molecule has 0 aromatic heterocycles. The Balaban J connectivity index is 0.000000448. The van der Waals surface area contributed by atoms with Crippen LogP contribution in [0.15, 0.2) is 24.3 Å². The van der Waals surface area contributed by atoms with Crippen molar-refractivity contribution in [2.24, 2.45) is 0 Å². The van der Waals surface area contributed by atoms with E-state index in [2.05, 4.69) is 18.7 Å². The number of fused-ring (bicyclic) bond motifs is 1. The summed E-state index contributed by atoms with van der Waals surface area (Å²) in [6.45, 7) is 10.2. The topological polar surface area (TPSA) is 189 Å². The molecule has 0 radical (unpaired) electrons. The number of likely N-dealkylation sites (N-methyl/N-ethyl adjacent to an activating group) is 1. The Hall–Kier alpha value is -3.42. The summed E-state index contributed by atoms with van der Waals surface area (Å²) in [6.07, 6.45) is -2.26. The van der Waals surface area contributed by atoms with Gasteiger partial charge in [0.05, 0.1) is 26.1 Å². The second-order valence-corrected chi connectivity index (χ2v) is 8.30. The fraction of sp³-hybridized carbons (Fsp3) is 0.583. The molecule has 0 unspecified atom stereocenters. The van der Waals surface area contributed by atoms with Gasteiger partial charge < -0.3 is 44.3 Å². The molecule has 4 N–H and O–H groups in total. The molecule has 0 atom stereocenters. The van der Waals surface area contributed by atoms with Gasteiger partial charge in [0.15, 0.2) is 17.1 Å². The van der Waals surface area contributed by atoms with E-state index in [-0.39, 0.29) is 19.0 Å². The van der Waals surface area contributed by atoms with Crippen molar-refractivity contribution in [3.63, 3.8) is 0 Å².